The molecule has 0 atom stereocenters. The van der Waals surface area contributed by atoms with Gasteiger partial charge in [-0.1, -0.05) is 12.1 Å². The van der Waals surface area contributed by atoms with E-state index in [1.165, 1.54) is 21.3 Å². The minimum Gasteiger partial charge on any atom is -0.493 e. The van der Waals surface area contributed by atoms with Crippen molar-refractivity contribution >= 4 is 23.2 Å². The zero-order valence-electron chi connectivity index (χ0n) is 17.4. The Bertz CT molecular complexity index is 940. The minimum atomic E-state index is -0.415. The highest BCUT2D eigenvalue weighted by Gasteiger charge is 2.29. The Morgan fingerprint density at radius 1 is 0.933 bits per heavy atom. The van der Waals surface area contributed by atoms with Crippen molar-refractivity contribution in [1.29, 1.82) is 0 Å². The summed E-state index contributed by atoms with van der Waals surface area (Å²) in [6.07, 6.45) is 1.92. The van der Waals surface area contributed by atoms with Crippen LogP contribution in [-0.2, 0) is 4.79 Å². The third-order valence-electron chi connectivity index (χ3n) is 4.77. The predicted octanol–water partition coefficient (Wildman–Crippen LogP) is 3.21. The molecule has 2 aromatic rings. The average Bonchev–Trinajstić information content (AvgIpc) is 3.62. The molecule has 0 bridgehead atoms. The molecule has 3 rings (SSSR count). The molecule has 158 valence electrons. The van der Waals surface area contributed by atoms with Crippen molar-refractivity contribution in [3.8, 4) is 17.2 Å². The Morgan fingerprint density at radius 2 is 1.53 bits per heavy atom. The lowest BCUT2D eigenvalue weighted by atomic mass is 10.1. The molecule has 30 heavy (non-hydrogen) atoms. The molecular formula is C22H25N3O5. The van der Waals surface area contributed by atoms with Crippen molar-refractivity contribution in [1.82, 2.24) is 5.43 Å². The van der Waals surface area contributed by atoms with Gasteiger partial charge in [0.2, 0.25) is 11.7 Å². The summed E-state index contributed by atoms with van der Waals surface area (Å²) in [4.78, 5) is 24.4. The fourth-order valence-corrected chi connectivity index (χ4v) is 2.86. The Kier molecular flexibility index (Phi) is 6.56. The average molecular weight is 411 g/mol. The van der Waals surface area contributed by atoms with Crippen LogP contribution in [0.3, 0.4) is 0 Å². The van der Waals surface area contributed by atoms with Crippen LogP contribution >= 0.6 is 0 Å². The first-order chi connectivity index (χ1) is 14.5. The maximum Gasteiger partial charge on any atom is 0.271 e. The smallest absolute Gasteiger partial charge is 0.271 e. The molecule has 8 heteroatoms. The molecule has 1 aliphatic carbocycles. The Morgan fingerprint density at radius 3 is 2.03 bits per heavy atom. The normalized spacial score (nSPS) is 13.4. The second kappa shape index (κ2) is 9.30. The first kappa shape index (κ1) is 21.2. The van der Waals surface area contributed by atoms with Gasteiger partial charge in [0.25, 0.3) is 5.91 Å². The van der Waals surface area contributed by atoms with Gasteiger partial charge in [-0.25, -0.2) is 5.43 Å². The molecule has 1 aliphatic rings. The molecule has 1 saturated carbocycles. The number of benzene rings is 2. The summed E-state index contributed by atoms with van der Waals surface area (Å²) in [7, 11) is 4.46. The van der Waals surface area contributed by atoms with Gasteiger partial charge < -0.3 is 19.5 Å². The monoisotopic (exact) mass is 411 g/mol. The highest BCUT2D eigenvalue weighted by Crippen LogP contribution is 2.38. The molecule has 2 N–H and O–H groups in total. The van der Waals surface area contributed by atoms with Crippen LogP contribution in [-0.4, -0.2) is 38.9 Å². The zero-order chi connectivity index (χ0) is 21.7. The number of carbonyl (C=O) groups excluding carboxylic acids is 2. The van der Waals surface area contributed by atoms with E-state index in [0.29, 0.717) is 28.5 Å². The largest absolute Gasteiger partial charge is 0.493 e. The van der Waals surface area contributed by atoms with Gasteiger partial charge in [0.1, 0.15) is 0 Å². The number of methoxy groups -OCH3 is 3. The van der Waals surface area contributed by atoms with E-state index in [1.807, 2.05) is 24.3 Å². The van der Waals surface area contributed by atoms with E-state index in [2.05, 4.69) is 15.8 Å². The number of hydrogen-bond donors (Lipinski definition) is 2. The van der Waals surface area contributed by atoms with Crippen molar-refractivity contribution in [2.45, 2.75) is 19.8 Å². The Labute approximate surface area is 175 Å². The third-order valence-corrected chi connectivity index (χ3v) is 4.77. The fourth-order valence-electron chi connectivity index (χ4n) is 2.86. The van der Waals surface area contributed by atoms with Crippen LogP contribution < -0.4 is 25.0 Å². The molecule has 0 aliphatic heterocycles. The van der Waals surface area contributed by atoms with Crippen molar-refractivity contribution < 1.29 is 23.8 Å². The number of carbonyl (C=O) groups is 2. The number of ether oxygens (including phenoxy) is 3. The lowest BCUT2D eigenvalue weighted by Crippen LogP contribution is -2.19. The van der Waals surface area contributed by atoms with E-state index in [4.69, 9.17) is 14.2 Å². The summed E-state index contributed by atoms with van der Waals surface area (Å²) >= 11 is 0. The van der Waals surface area contributed by atoms with Crippen LogP contribution in [0, 0.1) is 5.92 Å². The number of nitrogens with one attached hydrogen (secondary N) is 2. The predicted molar refractivity (Wildman–Crippen MR) is 114 cm³/mol. The zero-order valence-corrected chi connectivity index (χ0v) is 17.4. The third kappa shape index (κ3) is 4.89. The van der Waals surface area contributed by atoms with Crippen LogP contribution in [0.5, 0.6) is 17.2 Å². The molecule has 1 fully saturated rings. The number of hydrazone groups is 1. The summed E-state index contributed by atoms with van der Waals surface area (Å²) < 4.78 is 15.8. The lowest BCUT2D eigenvalue weighted by Gasteiger charge is -2.13. The van der Waals surface area contributed by atoms with E-state index < -0.39 is 5.91 Å². The maximum atomic E-state index is 12.5. The van der Waals surface area contributed by atoms with Crippen molar-refractivity contribution in [3.05, 3.63) is 47.5 Å². The van der Waals surface area contributed by atoms with Crippen LogP contribution in [0.1, 0.15) is 35.7 Å². The molecule has 0 saturated heterocycles. The first-order valence-corrected chi connectivity index (χ1v) is 9.52. The molecule has 8 nitrogen and oxygen atoms in total. The van der Waals surface area contributed by atoms with E-state index in [-0.39, 0.29) is 11.8 Å². The molecule has 0 spiro atoms. The molecule has 0 radical (unpaired) electrons. The number of anilines is 1. The second-order valence-electron chi connectivity index (χ2n) is 6.89. The highest BCUT2D eigenvalue weighted by atomic mass is 16.5. The number of rotatable bonds is 8. The molecule has 0 heterocycles. The van der Waals surface area contributed by atoms with Crippen LogP contribution in [0.25, 0.3) is 0 Å². The standard InChI is InChI=1S/C22H25N3O5/c1-13(14-7-9-17(10-8-14)23-21(26)15-5-6-15)24-25-22(27)16-11-18(28-2)20(30-4)19(12-16)29-3/h7-12,15H,5-6H2,1-4H3,(H,23,26)(H,25,27)/b24-13-. The van der Waals surface area contributed by atoms with Crippen molar-refractivity contribution in [2.24, 2.45) is 11.0 Å². The van der Waals surface area contributed by atoms with E-state index in [9.17, 15) is 9.59 Å². The Balaban J connectivity index is 1.68. The van der Waals surface area contributed by atoms with Crippen LogP contribution in [0.4, 0.5) is 5.69 Å². The summed E-state index contributed by atoms with van der Waals surface area (Å²) in [5.74, 6) is 0.967. The second-order valence-corrected chi connectivity index (χ2v) is 6.89. The van der Waals surface area contributed by atoms with Gasteiger partial charge in [0.15, 0.2) is 11.5 Å². The van der Waals surface area contributed by atoms with Crippen LogP contribution in [0.15, 0.2) is 41.5 Å². The SMILES string of the molecule is COc1cc(C(=O)N/N=C(/C)c2ccc(NC(=O)C3CC3)cc2)cc(OC)c1OC. The summed E-state index contributed by atoms with van der Waals surface area (Å²) in [5, 5.41) is 7.06. The van der Waals surface area contributed by atoms with Gasteiger partial charge in [-0.3, -0.25) is 9.59 Å². The fraction of sp³-hybridized carbons (Fsp3) is 0.318. The van der Waals surface area contributed by atoms with Gasteiger partial charge >= 0.3 is 0 Å². The van der Waals surface area contributed by atoms with Crippen molar-refractivity contribution in [3.63, 3.8) is 0 Å². The number of hydrogen-bond acceptors (Lipinski definition) is 6. The molecule has 0 unspecified atom stereocenters. The lowest BCUT2D eigenvalue weighted by molar-refractivity contribution is -0.117. The van der Waals surface area contributed by atoms with E-state index in [1.54, 1.807) is 19.1 Å². The quantitative estimate of drug-likeness (QED) is 0.513. The van der Waals surface area contributed by atoms with Gasteiger partial charge in [-0.05, 0) is 49.6 Å². The number of amides is 2. The van der Waals surface area contributed by atoms with Crippen molar-refractivity contribution in [2.75, 3.05) is 26.6 Å². The number of nitrogens with zero attached hydrogens (tertiary/aromatic N) is 1. The van der Waals surface area contributed by atoms with Gasteiger partial charge in [-0.15, -0.1) is 0 Å². The molecule has 2 aromatic carbocycles. The van der Waals surface area contributed by atoms with Gasteiger partial charge in [0.05, 0.1) is 27.0 Å². The summed E-state index contributed by atoms with van der Waals surface area (Å²) in [6.45, 7) is 1.78. The summed E-state index contributed by atoms with van der Waals surface area (Å²) in [5.41, 5.74) is 5.04. The van der Waals surface area contributed by atoms with E-state index >= 15 is 0 Å². The minimum absolute atomic E-state index is 0.0609. The molecule has 2 amide bonds. The Hall–Kier alpha value is -3.55. The van der Waals surface area contributed by atoms with E-state index in [0.717, 1.165) is 24.1 Å². The van der Waals surface area contributed by atoms with Crippen LogP contribution in [0.2, 0.25) is 0 Å². The maximum absolute atomic E-state index is 12.5. The van der Waals surface area contributed by atoms with Gasteiger partial charge in [0, 0.05) is 17.2 Å². The van der Waals surface area contributed by atoms with Gasteiger partial charge in [-0.2, -0.15) is 5.10 Å². The molecular weight excluding hydrogens is 386 g/mol. The first-order valence-electron chi connectivity index (χ1n) is 9.52. The highest BCUT2D eigenvalue weighted by molar-refractivity contribution is 6.02. The molecule has 0 aromatic heterocycles. The topological polar surface area (TPSA) is 98.2 Å². The summed E-state index contributed by atoms with van der Waals surface area (Å²) in [6, 6.07) is 10.4.